The van der Waals surface area contributed by atoms with Gasteiger partial charge in [-0.15, -0.1) is 6.58 Å². The molecular weight excluding hydrogens is 212 g/mol. The molecule has 0 aromatic carbocycles. The zero-order valence-corrected chi connectivity index (χ0v) is 10.4. The van der Waals surface area contributed by atoms with Crippen molar-refractivity contribution in [2.24, 2.45) is 0 Å². The van der Waals surface area contributed by atoms with Crippen molar-refractivity contribution in [3.63, 3.8) is 0 Å². The lowest BCUT2D eigenvalue weighted by atomic mass is 10.2. The molecule has 1 saturated carbocycles. The molecule has 1 aliphatic rings. The van der Waals surface area contributed by atoms with Crippen LogP contribution < -0.4 is 10.6 Å². The third-order valence-electron chi connectivity index (χ3n) is 2.97. The van der Waals surface area contributed by atoms with Gasteiger partial charge in [-0.3, -0.25) is 0 Å². The van der Waals surface area contributed by atoms with Crippen LogP contribution in [0.25, 0.3) is 0 Å². The molecule has 4 heteroatoms. The summed E-state index contributed by atoms with van der Waals surface area (Å²) >= 11 is 0. The fourth-order valence-corrected chi connectivity index (χ4v) is 2.19. The van der Waals surface area contributed by atoms with Crippen LogP contribution in [-0.4, -0.2) is 22.6 Å². The van der Waals surface area contributed by atoms with Crippen LogP contribution in [0.15, 0.2) is 18.7 Å². The Labute approximate surface area is 103 Å². The minimum atomic E-state index is 0.580. The van der Waals surface area contributed by atoms with Gasteiger partial charge in [-0.05, 0) is 19.8 Å². The van der Waals surface area contributed by atoms with E-state index in [2.05, 4.69) is 27.2 Å². The number of aromatic nitrogens is 2. The Bertz CT molecular complexity index is 383. The van der Waals surface area contributed by atoms with Crippen LogP contribution in [0.2, 0.25) is 0 Å². The van der Waals surface area contributed by atoms with Crippen molar-refractivity contribution in [2.75, 3.05) is 17.2 Å². The summed E-state index contributed by atoms with van der Waals surface area (Å²) in [6.07, 6.45) is 6.96. The molecule has 1 heterocycles. The topological polar surface area (TPSA) is 49.8 Å². The van der Waals surface area contributed by atoms with Crippen molar-refractivity contribution in [2.45, 2.75) is 38.6 Å². The Balaban J connectivity index is 2.04. The van der Waals surface area contributed by atoms with Crippen molar-refractivity contribution >= 4 is 11.6 Å². The molecule has 0 unspecified atom stereocenters. The standard InChI is InChI=1S/C13H20N4/c1-3-8-14-12-9-13(16-10(2)15-12)17-11-6-4-5-7-11/h3,9,11H,1,4-8H2,2H3,(H2,14,15,16,17). The Morgan fingerprint density at radius 3 is 2.76 bits per heavy atom. The third kappa shape index (κ3) is 3.44. The predicted octanol–water partition coefficient (Wildman–Crippen LogP) is 2.74. The third-order valence-corrected chi connectivity index (χ3v) is 2.97. The van der Waals surface area contributed by atoms with Crippen molar-refractivity contribution in [1.29, 1.82) is 0 Å². The van der Waals surface area contributed by atoms with E-state index < -0.39 is 0 Å². The van der Waals surface area contributed by atoms with Crippen molar-refractivity contribution < 1.29 is 0 Å². The van der Waals surface area contributed by atoms with Crippen LogP contribution in [0.1, 0.15) is 31.5 Å². The maximum absolute atomic E-state index is 4.42. The fourth-order valence-electron chi connectivity index (χ4n) is 2.19. The molecule has 2 rings (SSSR count). The molecule has 1 fully saturated rings. The van der Waals surface area contributed by atoms with Crippen LogP contribution in [-0.2, 0) is 0 Å². The molecule has 1 aliphatic carbocycles. The molecule has 0 radical (unpaired) electrons. The molecule has 0 amide bonds. The summed E-state index contributed by atoms with van der Waals surface area (Å²) < 4.78 is 0. The smallest absolute Gasteiger partial charge is 0.132 e. The van der Waals surface area contributed by atoms with Crippen molar-refractivity contribution in [1.82, 2.24) is 9.97 Å². The van der Waals surface area contributed by atoms with E-state index in [1.54, 1.807) is 0 Å². The normalized spacial score (nSPS) is 15.8. The second-order valence-electron chi connectivity index (χ2n) is 4.48. The second-order valence-corrected chi connectivity index (χ2v) is 4.48. The number of aryl methyl sites for hydroxylation is 1. The molecule has 1 aromatic rings. The molecule has 0 bridgehead atoms. The lowest BCUT2D eigenvalue weighted by Gasteiger charge is -2.14. The van der Waals surface area contributed by atoms with E-state index in [-0.39, 0.29) is 0 Å². The molecule has 2 N–H and O–H groups in total. The first-order valence-corrected chi connectivity index (χ1v) is 6.25. The Hall–Kier alpha value is -1.58. The van der Waals surface area contributed by atoms with Gasteiger partial charge in [0.25, 0.3) is 0 Å². The maximum atomic E-state index is 4.42. The van der Waals surface area contributed by atoms with E-state index in [4.69, 9.17) is 0 Å². The molecule has 1 aromatic heterocycles. The molecule has 92 valence electrons. The van der Waals surface area contributed by atoms with E-state index >= 15 is 0 Å². The highest BCUT2D eigenvalue weighted by Gasteiger charge is 2.15. The molecule has 0 aliphatic heterocycles. The maximum Gasteiger partial charge on any atom is 0.132 e. The second kappa shape index (κ2) is 5.66. The van der Waals surface area contributed by atoms with Gasteiger partial charge in [-0.25, -0.2) is 9.97 Å². The quantitative estimate of drug-likeness (QED) is 0.766. The largest absolute Gasteiger partial charge is 0.367 e. The van der Waals surface area contributed by atoms with Crippen LogP contribution in [0.3, 0.4) is 0 Å². The average Bonchev–Trinajstić information content (AvgIpc) is 2.78. The lowest BCUT2D eigenvalue weighted by Crippen LogP contribution is -2.16. The summed E-state index contributed by atoms with van der Waals surface area (Å²) in [5, 5.41) is 6.67. The fraction of sp³-hybridized carbons (Fsp3) is 0.538. The summed E-state index contributed by atoms with van der Waals surface area (Å²) in [6, 6.07) is 2.55. The van der Waals surface area contributed by atoms with Crippen LogP contribution in [0.5, 0.6) is 0 Å². The van der Waals surface area contributed by atoms with Gasteiger partial charge in [0.15, 0.2) is 0 Å². The van der Waals surface area contributed by atoms with Crippen molar-refractivity contribution in [3.05, 3.63) is 24.5 Å². The van der Waals surface area contributed by atoms with Crippen LogP contribution in [0.4, 0.5) is 11.6 Å². The Morgan fingerprint density at radius 1 is 1.35 bits per heavy atom. The van der Waals surface area contributed by atoms with Gasteiger partial charge in [-0.2, -0.15) is 0 Å². The first-order valence-electron chi connectivity index (χ1n) is 6.25. The minimum Gasteiger partial charge on any atom is -0.367 e. The van der Waals surface area contributed by atoms with E-state index in [0.717, 1.165) is 24.0 Å². The summed E-state index contributed by atoms with van der Waals surface area (Å²) in [4.78, 5) is 8.75. The number of nitrogens with zero attached hydrogens (tertiary/aromatic N) is 2. The molecule has 0 saturated heterocycles. The zero-order valence-electron chi connectivity index (χ0n) is 10.4. The number of anilines is 2. The van der Waals surface area contributed by atoms with E-state index in [1.807, 2.05) is 19.1 Å². The first-order chi connectivity index (χ1) is 8.28. The molecule has 17 heavy (non-hydrogen) atoms. The lowest BCUT2D eigenvalue weighted by molar-refractivity contribution is 0.748. The highest BCUT2D eigenvalue weighted by atomic mass is 15.1. The SMILES string of the molecule is C=CCNc1cc(NC2CCCC2)nc(C)n1. The van der Waals surface area contributed by atoms with Gasteiger partial charge in [-0.1, -0.05) is 18.9 Å². The van der Waals surface area contributed by atoms with E-state index in [9.17, 15) is 0 Å². The highest BCUT2D eigenvalue weighted by Crippen LogP contribution is 2.22. The molecule has 0 spiro atoms. The summed E-state index contributed by atoms with van der Waals surface area (Å²) in [5.74, 6) is 2.58. The van der Waals surface area contributed by atoms with Gasteiger partial charge >= 0.3 is 0 Å². The molecule has 4 nitrogen and oxygen atoms in total. The highest BCUT2D eigenvalue weighted by molar-refractivity contribution is 5.48. The zero-order chi connectivity index (χ0) is 12.1. The molecule has 0 atom stereocenters. The minimum absolute atomic E-state index is 0.580. The average molecular weight is 232 g/mol. The number of nitrogens with one attached hydrogen (secondary N) is 2. The number of hydrogen-bond acceptors (Lipinski definition) is 4. The monoisotopic (exact) mass is 232 g/mol. The van der Waals surface area contributed by atoms with E-state index in [0.29, 0.717) is 6.04 Å². The summed E-state index contributed by atoms with van der Waals surface area (Å²) in [5.41, 5.74) is 0. The van der Waals surface area contributed by atoms with E-state index in [1.165, 1.54) is 25.7 Å². The number of rotatable bonds is 5. The summed E-state index contributed by atoms with van der Waals surface area (Å²) in [7, 11) is 0. The van der Waals surface area contributed by atoms with Gasteiger partial charge in [0.1, 0.15) is 17.5 Å². The van der Waals surface area contributed by atoms with Gasteiger partial charge in [0.05, 0.1) is 0 Å². The summed E-state index contributed by atoms with van der Waals surface area (Å²) in [6.45, 7) is 6.32. The van der Waals surface area contributed by atoms with Gasteiger partial charge < -0.3 is 10.6 Å². The van der Waals surface area contributed by atoms with Gasteiger partial charge in [0.2, 0.25) is 0 Å². The Kier molecular flexibility index (Phi) is 3.96. The molecular formula is C13H20N4. The Morgan fingerprint density at radius 2 is 2.06 bits per heavy atom. The predicted molar refractivity (Wildman–Crippen MR) is 71.3 cm³/mol. The van der Waals surface area contributed by atoms with Crippen LogP contribution >= 0.6 is 0 Å². The van der Waals surface area contributed by atoms with Crippen molar-refractivity contribution in [3.8, 4) is 0 Å². The van der Waals surface area contributed by atoms with Gasteiger partial charge in [0, 0.05) is 18.7 Å². The van der Waals surface area contributed by atoms with Crippen LogP contribution in [0, 0.1) is 6.92 Å². The first kappa shape index (κ1) is 11.9. The number of hydrogen-bond donors (Lipinski definition) is 2.